The Morgan fingerprint density at radius 1 is 0.719 bits per heavy atom. The Balaban J connectivity index is 0.872. The predicted molar refractivity (Wildman–Crippen MR) is 223 cm³/mol. The third-order valence-corrected chi connectivity index (χ3v) is 11.8. The molecule has 0 aliphatic carbocycles. The largest absolute Gasteiger partial charge is 0.355 e. The van der Waals surface area contributed by atoms with E-state index in [9.17, 15) is 19.2 Å². The molecule has 8 rings (SSSR count). The van der Waals surface area contributed by atoms with Crippen molar-refractivity contribution in [2.75, 3.05) is 50.9 Å². The average Bonchev–Trinajstić information content (AvgIpc) is 4.06. The van der Waals surface area contributed by atoms with Crippen LogP contribution in [0.3, 0.4) is 0 Å². The number of amides is 4. The van der Waals surface area contributed by atoms with E-state index in [2.05, 4.69) is 32.7 Å². The lowest BCUT2D eigenvalue weighted by molar-refractivity contribution is -0.140. The van der Waals surface area contributed by atoms with Crippen LogP contribution in [0.4, 0.5) is 11.4 Å². The number of rotatable bonds is 11. The van der Waals surface area contributed by atoms with E-state index in [0.29, 0.717) is 37.3 Å². The number of fused-ring (bicyclic) bond motifs is 1. The normalized spacial score (nSPS) is 20.3. The molecule has 3 aliphatic rings. The van der Waals surface area contributed by atoms with Gasteiger partial charge in [0.15, 0.2) is 0 Å². The number of hydrogen-bond donors (Lipinski definition) is 3. The van der Waals surface area contributed by atoms with Crippen LogP contribution >= 0.6 is 0 Å². The Hall–Kier alpha value is -5.78. The number of nitrogens with one attached hydrogen (secondary N) is 3. The van der Waals surface area contributed by atoms with Gasteiger partial charge < -0.3 is 25.4 Å². The third-order valence-electron chi connectivity index (χ3n) is 11.8. The fraction of sp³-hybridized carbons (Fsp3) is 0.348. The molecule has 0 bridgehead atoms. The number of anilines is 2. The molecule has 0 radical (unpaired) electrons. The number of H-pyrrole nitrogens is 1. The zero-order chi connectivity index (χ0) is 39.5. The highest BCUT2D eigenvalue weighted by Crippen LogP contribution is 2.31. The quantitative estimate of drug-likeness (QED) is 0.141. The Morgan fingerprint density at radius 3 is 2.05 bits per heavy atom. The average molecular weight is 766 g/mol. The lowest BCUT2D eigenvalue weighted by Gasteiger charge is -2.31. The SMILES string of the molecule is CN(C)[C@H](C(=O)N1CCCC1C(=O)Nc1ccc2[nH]c(-c3ccc(NC(=O)[C@@H]4CCCN4C(=O)[C@H]4CCN(Cc5ccccc5)C4)cc3)cc2c1)c1ccccc1. The molecule has 4 atom stereocenters. The number of benzene rings is 4. The van der Waals surface area contributed by atoms with Gasteiger partial charge in [0.25, 0.3) is 0 Å². The van der Waals surface area contributed by atoms with Gasteiger partial charge in [-0.15, -0.1) is 0 Å². The summed E-state index contributed by atoms with van der Waals surface area (Å²) in [5, 5.41) is 7.08. The fourth-order valence-electron chi connectivity index (χ4n) is 8.86. The van der Waals surface area contributed by atoms with Crippen LogP contribution in [0.2, 0.25) is 0 Å². The van der Waals surface area contributed by atoms with Gasteiger partial charge in [0.1, 0.15) is 18.1 Å². The molecule has 0 spiro atoms. The van der Waals surface area contributed by atoms with Crippen molar-refractivity contribution in [2.24, 2.45) is 5.92 Å². The molecule has 11 heteroatoms. The van der Waals surface area contributed by atoms with Crippen molar-refractivity contribution >= 4 is 45.9 Å². The van der Waals surface area contributed by atoms with Gasteiger partial charge in [-0.05, 0) is 106 Å². The number of carbonyl (C=O) groups is 4. The van der Waals surface area contributed by atoms with E-state index >= 15 is 0 Å². The summed E-state index contributed by atoms with van der Waals surface area (Å²) in [5.74, 6) is -0.394. The number of carbonyl (C=O) groups excluding carboxylic acids is 4. The molecule has 5 aromatic rings. The maximum atomic E-state index is 13.8. The number of nitrogens with zero attached hydrogens (tertiary/aromatic N) is 4. The number of aromatic amines is 1. The van der Waals surface area contributed by atoms with Crippen molar-refractivity contribution in [3.05, 3.63) is 120 Å². The highest BCUT2D eigenvalue weighted by Gasteiger charge is 2.40. The molecule has 3 aliphatic heterocycles. The fourth-order valence-corrected chi connectivity index (χ4v) is 8.86. The van der Waals surface area contributed by atoms with Gasteiger partial charge >= 0.3 is 0 Å². The first-order valence-electron chi connectivity index (χ1n) is 20.2. The highest BCUT2D eigenvalue weighted by molar-refractivity contribution is 6.01. The van der Waals surface area contributed by atoms with E-state index in [1.165, 1.54) is 5.56 Å². The molecule has 1 unspecified atom stereocenters. The second-order valence-corrected chi connectivity index (χ2v) is 15.9. The Kier molecular flexibility index (Phi) is 11.2. The monoisotopic (exact) mass is 765 g/mol. The van der Waals surface area contributed by atoms with Crippen LogP contribution in [0.25, 0.3) is 22.2 Å². The molecule has 4 amide bonds. The van der Waals surface area contributed by atoms with E-state index in [0.717, 1.165) is 66.6 Å². The number of likely N-dealkylation sites (tertiary alicyclic amines) is 3. The molecule has 294 valence electrons. The molecule has 57 heavy (non-hydrogen) atoms. The van der Waals surface area contributed by atoms with Crippen molar-refractivity contribution < 1.29 is 19.2 Å². The topological polar surface area (TPSA) is 121 Å². The minimum Gasteiger partial charge on any atom is -0.355 e. The van der Waals surface area contributed by atoms with Gasteiger partial charge in [0, 0.05) is 54.2 Å². The van der Waals surface area contributed by atoms with Crippen LogP contribution in [0.1, 0.15) is 49.3 Å². The van der Waals surface area contributed by atoms with Crippen molar-refractivity contribution in [3.8, 4) is 11.3 Å². The smallest absolute Gasteiger partial charge is 0.247 e. The van der Waals surface area contributed by atoms with Crippen LogP contribution in [0.15, 0.2) is 109 Å². The zero-order valence-electron chi connectivity index (χ0n) is 32.7. The Morgan fingerprint density at radius 2 is 1.35 bits per heavy atom. The molecular weight excluding hydrogens is 715 g/mol. The minimum absolute atomic E-state index is 0.0680. The summed E-state index contributed by atoms with van der Waals surface area (Å²) < 4.78 is 0. The molecule has 0 saturated carbocycles. The molecule has 4 aromatic carbocycles. The predicted octanol–water partition coefficient (Wildman–Crippen LogP) is 6.52. The lowest BCUT2D eigenvalue weighted by atomic mass is 10.0. The lowest BCUT2D eigenvalue weighted by Crippen LogP contribution is -2.47. The van der Waals surface area contributed by atoms with Gasteiger partial charge in [0.05, 0.1) is 5.92 Å². The van der Waals surface area contributed by atoms with Gasteiger partial charge in [-0.2, -0.15) is 0 Å². The van der Waals surface area contributed by atoms with Crippen LogP contribution in [0.5, 0.6) is 0 Å². The summed E-state index contributed by atoms with van der Waals surface area (Å²) in [7, 11) is 3.78. The summed E-state index contributed by atoms with van der Waals surface area (Å²) in [6.07, 6.45) is 3.69. The Labute approximate surface area is 334 Å². The second kappa shape index (κ2) is 16.8. The van der Waals surface area contributed by atoms with E-state index in [1.807, 2.05) is 116 Å². The summed E-state index contributed by atoms with van der Waals surface area (Å²) in [5.41, 5.74) is 6.27. The van der Waals surface area contributed by atoms with E-state index in [4.69, 9.17) is 0 Å². The highest BCUT2D eigenvalue weighted by atomic mass is 16.2. The molecule has 4 heterocycles. The summed E-state index contributed by atoms with van der Waals surface area (Å²) >= 11 is 0. The second-order valence-electron chi connectivity index (χ2n) is 15.9. The van der Waals surface area contributed by atoms with Gasteiger partial charge in [-0.3, -0.25) is 29.0 Å². The maximum Gasteiger partial charge on any atom is 0.247 e. The number of hydrogen-bond acceptors (Lipinski definition) is 6. The van der Waals surface area contributed by atoms with Gasteiger partial charge in [-0.25, -0.2) is 0 Å². The summed E-state index contributed by atoms with van der Waals surface area (Å²) in [4.78, 5) is 65.8. The molecule has 1 aromatic heterocycles. The van der Waals surface area contributed by atoms with Crippen molar-refractivity contribution in [1.82, 2.24) is 24.6 Å². The number of likely N-dealkylation sites (N-methyl/N-ethyl adjacent to an activating group) is 1. The number of aromatic nitrogens is 1. The Bertz CT molecular complexity index is 2220. The third kappa shape index (κ3) is 8.36. The molecule has 3 saturated heterocycles. The summed E-state index contributed by atoms with van der Waals surface area (Å²) in [6.45, 7) is 3.59. The van der Waals surface area contributed by atoms with Crippen LogP contribution in [-0.4, -0.2) is 101 Å². The van der Waals surface area contributed by atoms with E-state index in [-0.39, 0.29) is 29.5 Å². The van der Waals surface area contributed by atoms with E-state index in [1.54, 1.807) is 9.80 Å². The first kappa shape index (κ1) is 38.1. The van der Waals surface area contributed by atoms with Gasteiger partial charge in [0.2, 0.25) is 23.6 Å². The molecule has 3 N–H and O–H groups in total. The van der Waals surface area contributed by atoms with Crippen molar-refractivity contribution in [3.63, 3.8) is 0 Å². The molecule has 3 fully saturated rings. The molecule has 11 nitrogen and oxygen atoms in total. The van der Waals surface area contributed by atoms with Crippen LogP contribution < -0.4 is 10.6 Å². The minimum atomic E-state index is -0.541. The van der Waals surface area contributed by atoms with Crippen molar-refractivity contribution in [2.45, 2.75) is 56.8 Å². The first-order chi connectivity index (χ1) is 27.7. The van der Waals surface area contributed by atoms with Crippen LogP contribution in [0, 0.1) is 5.92 Å². The molecular formula is C46H51N7O4. The first-order valence-corrected chi connectivity index (χ1v) is 20.2. The van der Waals surface area contributed by atoms with E-state index < -0.39 is 18.1 Å². The van der Waals surface area contributed by atoms with Crippen molar-refractivity contribution in [1.29, 1.82) is 0 Å². The standard InChI is InChI=1S/C46H51N7O4/c1-50(2)42(33-13-7-4-8-14-33)46(57)53-25-10-16-41(53)44(55)48-37-21-22-38-35(27-37)28-39(49-38)32-17-19-36(20-18-32)47-43(54)40-15-9-24-52(40)45(56)34-23-26-51(30-34)29-31-11-5-3-6-12-31/h3-8,11-14,17-22,27-28,34,40-42,49H,9-10,15-16,23-26,29-30H2,1-2H3,(H,47,54)(H,48,55)/t34-,40-,41?,42-/m0/s1. The zero-order valence-corrected chi connectivity index (χ0v) is 32.7. The van der Waals surface area contributed by atoms with Gasteiger partial charge in [-0.1, -0.05) is 72.8 Å². The van der Waals surface area contributed by atoms with Crippen LogP contribution in [-0.2, 0) is 25.7 Å². The maximum absolute atomic E-state index is 13.8. The summed E-state index contributed by atoms with van der Waals surface area (Å²) in [6, 6.07) is 34.0.